The van der Waals surface area contributed by atoms with Gasteiger partial charge in [0.25, 0.3) is 0 Å². The van der Waals surface area contributed by atoms with Crippen LogP contribution in [0.3, 0.4) is 0 Å². The Labute approximate surface area is 107 Å². The van der Waals surface area contributed by atoms with Crippen LogP contribution in [0.25, 0.3) is 10.2 Å². The largest absolute Gasteiger partial charge is 0.480 e. The molecule has 4 nitrogen and oxygen atoms in total. The first kappa shape index (κ1) is 12.3. The number of carboxylic acids is 1. The average molecular weight is 268 g/mol. The summed E-state index contributed by atoms with van der Waals surface area (Å²) in [6.45, 7) is 0. The summed E-state index contributed by atoms with van der Waals surface area (Å²) in [6, 6.07) is 7.37. The zero-order valence-electron chi connectivity index (χ0n) is 9.21. The van der Waals surface area contributed by atoms with Crippen molar-refractivity contribution in [2.24, 2.45) is 0 Å². The first-order valence-corrected chi connectivity index (χ1v) is 6.89. The second-order valence-electron chi connectivity index (χ2n) is 3.44. The van der Waals surface area contributed by atoms with Crippen LogP contribution in [0, 0.1) is 0 Å². The molecule has 0 bridgehead atoms. The van der Waals surface area contributed by atoms with Gasteiger partial charge in [-0.25, -0.2) is 4.98 Å². The molecule has 0 fully saturated rings. The normalized spacial score (nSPS) is 12.8. The molecule has 0 spiro atoms. The standard InChI is InChI=1S/C11H12N2O2S2/c1-12-8(10(14)15)6-16-11-13-7-4-2-3-5-9(7)17-11/h2-5,8,12H,6H2,1H3,(H,14,15). The number of hydrogen-bond acceptors (Lipinski definition) is 5. The molecule has 1 aromatic carbocycles. The monoisotopic (exact) mass is 268 g/mol. The van der Waals surface area contributed by atoms with Crippen molar-refractivity contribution in [3.05, 3.63) is 24.3 Å². The molecule has 2 aromatic rings. The third-order valence-electron chi connectivity index (χ3n) is 2.29. The molecule has 0 radical (unpaired) electrons. The van der Waals surface area contributed by atoms with Crippen molar-refractivity contribution < 1.29 is 9.90 Å². The third-order valence-corrected chi connectivity index (χ3v) is 4.57. The number of aromatic nitrogens is 1. The fourth-order valence-electron chi connectivity index (χ4n) is 1.35. The van der Waals surface area contributed by atoms with Crippen LogP contribution in [0.5, 0.6) is 0 Å². The minimum atomic E-state index is -0.832. The summed E-state index contributed by atoms with van der Waals surface area (Å²) in [5, 5.41) is 11.7. The van der Waals surface area contributed by atoms with Gasteiger partial charge in [0.2, 0.25) is 0 Å². The van der Waals surface area contributed by atoms with E-state index >= 15 is 0 Å². The number of hydrogen-bond donors (Lipinski definition) is 2. The third kappa shape index (κ3) is 2.96. The van der Waals surface area contributed by atoms with E-state index < -0.39 is 12.0 Å². The van der Waals surface area contributed by atoms with Gasteiger partial charge >= 0.3 is 5.97 Å². The van der Waals surface area contributed by atoms with Gasteiger partial charge in [-0.2, -0.15) is 0 Å². The Bertz CT molecular complexity index is 494. The van der Waals surface area contributed by atoms with E-state index in [2.05, 4.69) is 10.3 Å². The molecule has 1 heterocycles. The predicted molar refractivity (Wildman–Crippen MR) is 70.8 cm³/mol. The predicted octanol–water partition coefficient (Wildman–Crippen LogP) is 2.06. The lowest BCUT2D eigenvalue weighted by Crippen LogP contribution is -2.35. The summed E-state index contributed by atoms with van der Waals surface area (Å²) in [5.74, 6) is -0.354. The van der Waals surface area contributed by atoms with E-state index in [1.54, 1.807) is 18.4 Å². The number of thiazole rings is 1. The van der Waals surface area contributed by atoms with E-state index in [4.69, 9.17) is 5.11 Å². The van der Waals surface area contributed by atoms with Crippen molar-refractivity contribution in [1.82, 2.24) is 10.3 Å². The van der Waals surface area contributed by atoms with E-state index in [1.165, 1.54) is 11.8 Å². The van der Waals surface area contributed by atoms with E-state index in [9.17, 15) is 4.79 Å². The van der Waals surface area contributed by atoms with Gasteiger partial charge in [0, 0.05) is 5.75 Å². The lowest BCUT2D eigenvalue weighted by molar-refractivity contribution is -0.138. The van der Waals surface area contributed by atoms with Crippen LogP contribution in [0.15, 0.2) is 28.6 Å². The van der Waals surface area contributed by atoms with Crippen molar-refractivity contribution >= 4 is 39.3 Å². The van der Waals surface area contributed by atoms with E-state index in [0.29, 0.717) is 5.75 Å². The van der Waals surface area contributed by atoms with Crippen LogP contribution in [0.2, 0.25) is 0 Å². The Kier molecular flexibility index (Phi) is 3.98. The maximum Gasteiger partial charge on any atom is 0.321 e. The van der Waals surface area contributed by atoms with Crippen LogP contribution in [0.1, 0.15) is 0 Å². The molecular formula is C11H12N2O2S2. The van der Waals surface area contributed by atoms with Gasteiger partial charge < -0.3 is 10.4 Å². The molecule has 1 unspecified atom stereocenters. The molecule has 0 amide bonds. The number of thioether (sulfide) groups is 1. The molecule has 6 heteroatoms. The highest BCUT2D eigenvalue weighted by Gasteiger charge is 2.16. The molecule has 2 N–H and O–H groups in total. The summed E-state index contributed by atoms with van der Waals surface area (Å²) < 4.78 is 2.04. The number of rotatable bonds is 5. The molecule has 2 rings (SSSR count). The fourth-order valence-corrected chi connectivity index (χ4v) is 3.53. The topological polar surface area (TPSA) is 62.2 Å². The smallest absolute Gasteiger partial charge is 0.321 e. The van der Waals surface area contributed by atoms with Crippen molar-refractivity contribution in [2.75, 3.05) is 12.8 Å². The van der Waals surface area contributed by atoms with Gasteiger partial charge in [0.05, 0.1) is 10.2 Å². The number of likely N-dealkylation sites (N-methyl/N-ethyl adjacent to an activating group) is 1. The van der Waals surface area contributed by atoms with Crippen molar-refractivity contribution in [3.63, 3.8) is 0 Å². The quantitative estimate of drug-likeness (QED) is 0.813. The lowest BCUT2D eigenvalue weighted by Gasteiger charge is -2.08. The molecule has 90 valence electrons. The summed E-state index contributed by atoms with van der Waals surface area (Å²) in [7, 11) is 1.65. The summed E-state index contributed by atoms with van der Waals surface area (Å²) in [4.78, 5) is 15.3. The van der Waals surface area contributed by atoms with Crippen LogP contribution in [-0.2, 0) is 4.79 Å². The fraction of sp³-hybridized carbons (Fsp3) is 0.273. The van der Waals surface area contributed by atoms with Crippen LogP contribution < -0.4 is 5.32 Å². The maximum atomic E-state index is 10.8. The summed E-state index contributed by atoms with van der Waals surface area (Å²) in [5.41, 5.74) is 0.969. The Morgan fingerprint density at radius 3 is 3.00 bits per heavy atom. The Hall–Kier alpha value is -1.11. The molecule has 1 atom stereocenters. The van der Waals surface area contributed by atoms with Gasteiger partial charge in [0.1, 0.15) is 6.04 Å². The number of benzene rings is 1. The van der Waals surface area contributed by atoms with Crippen LogP contribution >= 0.6 is 23.1 Å². The SMILES string of the molecule is CNC(CSc1nc2ccccc2s1)C(=O)O. The second kappa shape index (κ2) is 5.48. The molecule has 0 saturated heterocycles. The minimum Gasteiger partial charge on any atom is -0.480 e. The van der Waals surface area contributed by atoms with Gasteiger partial charge in [-0.1, -0.05) is 23.9 Å². The Morgan fingerprint density at radius 2 is 2.35 bits per heavy atom. The van der Waals surface area contributed by atoms with Gasteiger partial charge in [-0.15, -0.1) is 11.3 Å². The lowest BCUT2D eigenvalue weighted by atomic mass is 10.3. The minimum absolute atomic E-state index is 0.478. The average Bonchev–Trinajstić information content (AvgIpc) is 2.71. The highest BCUT2D eigenvalue weighted by Crippen LogP contribution is 2.29. The molecule has 1 aromatic heterocycles. The highest BCUT2D eigenvalue weighted by atomic mass is 32.2. The van der Waals surface area contributed by atoms with Crippen molar-refractivity contribution in [3.8, 4) is 0 Å². The number of para-hydroxylation sites is 1. The van der Waals surface area contributed by atoms with Gasteiger partial charge in [0.15, 0.2) is 4.34 Å². The first-order valence-electron chi connectivity index (χ1n) is 5.09. The number of carbonyl (C=O) groups is 1. The number of nitrogens with zero attached hydrogens (tertiary/aromatic N) is 1. The second-order valence-corrected chi connectivity index (χ2v) is 5.74. The number of carboxylic acid groups (broad SMARTS) is 1. The van der Waals surface area contributed by atoms with Crippen molar-refractivity contribution in [2.45, 2.75) is 10.4 Å². The van der Waals surface area contributed by atoms with Crippen molar-refractivity contribution in [1.29, 1.82) is 0 Å². The van der Waals surface area contributed by atoms with Crippen LogP contribution in [-0.4, -0.2) is 34.9 Å². The van der Waals surface area contributed by atoms with Crippen LogP contribution in [0.4, 0.5) is 0 Å². The van der Waals surface area contributed by atoms with E-state index in [0.717, 1.165) is 14.6 Å². The number of fused-ring (bicyclic) bond motifs is 1. The zero-order chi connectivity index (χ0) is 12.3. The zero-order valence-corrected chi connectivity index (χ0v) is 10.8. The van der Waals surface area contributed by atoms with E-state index in [-0.39, 0.29) is 0 Å². The Morgan fingerprint density at radius 1 is 1.59 bits per heavy atom. The molecule has 0 aliphatic heterocycles. The molecule has 0 aliphatic carbocycles. The number of aliphatic carboxylic acids is 1. The molecule has 0 aliphatic rings. The Balaban J connectivity index is 2.06. The first-order chi connectivity index (χ1) is 8.20. The summed E-state index contributed by atoms with van der Waals surface area (Å²) >= 11 is 3.06. The maximum absolute atomic E-state index is 10.8. The van der Waals surface area contributed by atoms with E-state index in [1.807, 2.05) is 24.3 Å². The molecule has 17 heavy (non-hydrogen) atoms. The summed E-state index contributed by atoms with van der Waals surface area (Å²) in [6.07, 6.45) is 0. The molecular weight excluding hydrogens is 256 g/mol. The highest BCUT2D eigenvalue weighted by molar-refractivity contribution is 8.01. The number of nitrogens with one attached hydrogen (secondary N) is 1. The van der Waals surface area contributed by atoms with Gasteiger partial charge in [-0.3, -0.25) is 4.79 Å². The van der Waals surface area contributed by atoms with Gasteiger partial charge in [-0.05, 0) is 19.2 Å². The molecule has 0 saturated carbocycles.